The normalized spacial score (nSPS) is 19.1. The van der Waals surface area contributed by atoms with E-state index in [-0.39, 0.29) is 37.3 Å². The molecule has 0 radical (unpaired) electrons. The van der Waals surface area contributed by atoms with Crippen LogP contribution in [0.4, 0.5) is 26.3 Å². The van der Waals surface area contributed by atoms with Gasteiger partial charge in [-0.3, -0.25) is 19.4 Å². The summed E-state index contributed by atoms with van der Waals surface area (Å²) in [5.74, 6) is -2.16. The van der Waals surface area contributed by atoms with E-state index in [0.29, 0.717) is 36.8 Å². The number of benzene rings is 4. The minimum atomic E-state index is -5.02. The molecular formula is C43H46F6N4O2. The van der Waals surface area contributed by atoms with E-state index in [4.69, 9.17) is 0 Å². The monoisotopic (exact) mass is 764 g/mol. The van der Waals surface area contributed by atoms with Crippen LogP contribution in [-0.2, 0) is 33.5 Å². The van der Waals surface area contributed by atoms with E-state index in [2.05, 4.69) is 10.6 Å². The van der Waals surface area contributed by atoms with Crippen molar-refractivity contribution in [2.45, 2.75) is 80.5 Å². The largest absolute Gasteiger partial charge is 0.416 e. The van der Waals surface area contributed by atoms with E-state index < -0.39 is 60.2 Å². The average Bonchev–Trinajstić information content (AvgIpc) is 3.72. The Hall–Kier alpha value is -4.68. The molecule has 0 aliphatic carbocycles. The second-order valence-electron chi connectivity index (χ2n) is 14.6. The maximum atomic E-state index is 15.8. The summed E-state index contributed by atoms with van der Waals surface area (Å²) in [5, 5.41) is 4.84. The first-order valence-electron chi connectivity index (χ1n) is 18.8. The molecule has 55 heavy (non-hydrogen) atoms. The molecule has 0 aromatic heterocycles. The topological polar surface area (TPSA) is 64.7 Å². The lowest BCUT2D eigenvalue weighted by atomic mass is 9.81. The summed E-state index contributed by atoms with van der Waals surface area (Å²) in [6.45, 7) is 1.13. The number of alkyl halides is 6. The highest BCUT2D eigenvalue weighted by Gasteiger charge is 2.60. The van der Waals surface area contributed by atoms with E-state index in [0.717, 1.165) is 6.42 Å². The van der Waals surface area contributed by atoms with Crippen LogP contribution in [0.5, 0.6) is 0 Å². The molecule has 4 atom stereocenters. The molecule has 4 unspecified atom stereocenters. The van der Waals surface area contributed by atoms with Crippen molar-refractivity contribution >= 4 is 11.8 Å². The summed E-state index contributed by atoms with van der Waals surface area (Å²) in [5.41, 5.74) is -5.65. The van der Waals surface area contributed by atoms with Crippen LogP contribution in [0, 0.1) is 0 Å². The minimum absolute atomic E-state index is 0.206. The molecule has 2 N–H and O–H groups in total. The van der Waals surface area contributed by atoms with Crippen molar-refractivity contribution in [2.24, 2.45) is 0 Å². The predicted molar refractivity (Wildman–Crippen MR) is 199 cm³/mol. The molecule has 6 rings (SSSR count). The van der Waals surface area contributed by atoms with E-state index in [9.17, 15) is 4.79 Å². The van der Waals surface area contributed by atoms with Crippen molar-refractivity contribution in [3.05, 3.63) is 144 Å². The lowest BCUT2D eigenvalue weighted by Crippen LogP contribution is -2.69. The van der Waals surface area contributed by atoms with Gasteiger partial charge in [-0.1, -0.05) is 128 Å². The number of nitrogens with one attached hydrogen (secondary N) is 2. The number of carbonyl (C=O) groups excluding carboxylic acids is 2. The van der Waals surface area contributed by atoms with Crippen LogP contribution in [0.2, 0.25) is 0 Å². The fraction of sp³-hybridized carbons (Fsp3) is 0.395. The molecule has 12 heteroatoms. The molecule has 2 amide bonds. The van der Waals surface area contributed by atoms with Crippen molar-refractivity contribution in [3.8, 4) is 0 Å². The number of halogens is 6. The van der Waals surface area contributed by atoms with Gasteiger partial charge in [-0.15, -0.1) is 0 Å². The van der Waals surface area contributed by atoms with Gasteiger partial charge < -0.3 is 10.6 Å². The predicted octanol–water partition coefficient (Wildman–Crippen LogP) is 7.94. The zero-order chi connectivity index (χ0) is 39.1. The number of piperidine rings is 1. The third-order valence-corrected chi connectivity index (χ3v) is 11.0. The number of rotatable bonds is 13. The van der Waals surface area contributed by atoms with Gasteiger partial charge in [0.2, 0.25) is 11.8 Å². The third kappa shape index (κ3) is 8.75. The zero-order valence-electron chi connectivity index (χ0n) is 30.5. The van der Waals surface area contributed by atoms with Gasteiger partial charge >= 0.3 is 12.4 Å². The van der Waals surface area contributed by atoms with Gasteiger partial charge in [0.1, 0.15) is 12.1 Å². The molecule has 2 aliphatic heterocycles. The summed E-state index contributed by atoms with van der Waals surface area (Å²) < 4.78 is 94.6. The van der Waals surface area contributed by atoms with Crippen LogP contribution >= 0.6 is 0 Å². The highest BCUT2D eigenvalue weighted by molar-refractivity contribution is 5.93. The number of carbonyl (C=O) groups is 2. The Morgan fingerprint density at radius 1 is 0.473 bits per heavy atom. The number of nitrogens with zero attached hydrogens (tertiary/aromatic N) is 2. The Bertz CT molecular complexity index is 1830. The summed E-state index contributed by atoms with van der Waals surface area (Å²) in [6.07, 6.45) is -8.11. The molecule has 2 fully saturated rings. The lowest BCUT2D eigenvalue weighted by molar-refractivity contribution is -0.206. The highest BCUT2D eigenvalue weighted by Crippen LogP contribution is 2.44. The van der Waals surface area contributed by atoms with E-state index in [1.165, 1.54) is 48.5 Å². The van der Waals surface area contributed by atoms with Gasteiger partial charge in [0, 0.05) is 12.8 Å². The number of likely N-dealkylation sites (tertiary alicyclic amines) is 2. The Labute approximate surface area is 317 Å². The van der Waals surface area contributed by atoms with Gasteiger partial charge in [0.05, 0.1) is 0 Å². The SMILES string of the molecule is O=C(NC(Cc1ccccc1)(c1ccccc1)C(F)(F)F)C(C(C(=O)NC(Cc1ccccc1)(c1ccccc1)C(F)(F)F)N1CCCC1)N1CCCCC1. The fourth-order valence-electron chi connectivity index (χ4n) is 8.16. The average molecular weight is 765 g/mol. The standard InChI is InChI=1S/C43H46F6N4O2/c44-42(45,46)40(34-22-10-3-11-23-34,30-32-18-6-1-7-19-32)50-38(54)36(52-26-14-5-15-27-52)37(53-28-16-17-29-53)39(55)51-41(43(47,48)49,35-24-12-4-13-25-35)31-33-20-8-2-9-21-33/h1-4,6-13,18-25,36-37H,5,14-17,26-31H2,(H,50,54)(H,51,55). The number of hydrogen-bond acceptors (Lipinski definition) is 4. The quantitative estimate of drug-likeness (QED) is 0.136. The molecule has 2 aliphatic rings. The molecule has 292 valence electrons. The van der Waals surface area contributed by atoms with Gasteiger partial charge in [0.25, 0.3) is 0 Å². The van der Waals surface area contributed by atoms with Gasteiger partial charge in [0.15, 0.2) is 11.1 Å². The van der Waals surface area contributed by atoms with Crippen molar-refractivity contribution in [3.63, 3.8) is 0 Å². The Morgan fingerprint density at radius 3 is 1.07 bits per heavy atom. The summed E-state index contributed by atoms with van der Waals surface area (Å²) in [6, 6.07) is 27.1. The molecule has 0 saturated carbocycles. The molecule has 0 bridgehead atoms. The van der Waals surface area contributed by atoms with Crippen molar-refractivity contribution in [2.75, 3.05) is 26.2 Å². The molecule has 6 nitrogen and oxygen atoms in total. The summed E-state index contributed by atoms with van der Waals surface area (Å²) >= 11 is 0. The molecule has 2 heterocycles. The van der Waals surface area contributed by atoms with E-state index in [1.807, 2.05) is 0 Å². The van der Waals surface area contributed by atoms with E-state index in [1.54, 1.807) is 82.6 Å². The second-order valence-corrected chi connectivity index (χ2v) is 14.6. The first-order valence-corrected chi connectivity index (χ1v) is 18.8. The van der Waals surface area contributed by atoms with Crippen LogP contribution in [0.25, 0.3) is 0 Å². The minimum Gasteiger partial charge on any atom is -0.337 e. The Balaban J connectivity index is 1.48. The molecule has 4 aromatic carbocycles. The Morgan fingerprint density at radius 2 is 0.764 bits per heavy atom. The second kappa shape index (κ2) is 17.0. The van der Waals surface area contributed by atoms with E-state index >= 15 is 31.1 Å². The maximum Gasteiger partial charge on any atom is 0.416 e. The van der Waals surface area contributed by atoms with Crippen molar-refractivity contribution in [1.82, 2.24) is 20.4 Å². The third-order valence-electron chi connectivity index (χ3n) is 11.0. The van der Waals surface area contributed by atoms with Crippen molar-refractivity contribution in [1.29, 1.82) is 0 Å². The van der Waals surface area contributed by atoms with Crippen LogP contribution in [0.1, 0.15) is 54.4 Å². The van der Waals surface area contributed by atoms with Crippen LogP contribution in [-0.4, -0.2) is 72.2 Å². The van der Waals surface area contributed by atoms with Crippen LogP contribution in [0.15, 0.2) is 121 Å². The van der Waals surface area contributed by atoms with Gasteiger partial charge in [-0.05, 0) is 74.1 Å². The van der Waals surface area contributed by atoms with Gasteiger partial charge in [-0.2, -0.15) is 26.3 Å². The Kier molecular flexibility index (Phi) is 12.4. The maximum absolute atomic E-state index is 15.8. The lowest BCUT2D eigenvalue weighted by Gasteiger charge is -2.45. The van der Waals surface area contributed by atoms with Gasteiger partial charge in [-0.25, -0.2) is 0 Å². The first-order chi connectivity index (χ1) is 26.3. The smallest absolute Gasteiger partial charge is 0.337 e. The summed E-state index contributed by atoms with van der Waals surface area (Å²) in [7, 11) is 0. The molecule has 4 aromatic rings. The number of hydrogen-bond donors (Lipinski definition) is 2. The van der Waals surface area contributed by atoms with Crippen LogP contribution in [0.3, 0.4) is 0 Å². The summed E-state index contributed by atoms with van der Waals surface area (Å²) in [4.78, 5) is 33.3. The van der Waals surface area contributed by atoms with Crippen molar-refractivity contribution < 1.29 is 35.9 Å². The number of amides is 2. The molecule has 0 spiro atoms. The molecular weight excluding hydrogens is 718 g/mol. The highest BCUT2D eigenvalue weighted by atomic mass is 19.4. The fourth-order valence-corrected chi connectivity index (χ4v) is 8.16. The van der Waals surface area contributed by atoms with Crippen LogP contribution < -0.4 is 10.6 Å². The molecule has 2 saturated heterocycles. The zero-order valence-corrected chi connectivity index (χ0v) is 30.5. The first kappa shape index (κ1) is 40.0.